The highest BCUT2D eigenvalue weighted by molar-refractivity contribution is 5.49. The van der Waals surface area contributed by atoms with E-state index in [1.807, 2.05) is 32.9 Å². The molecule has 0 unspecified atom stereocenters. The molecule has 0 aromatic rings. The van der Waals surface area contributed by atoms with E-state index in [4.69, 9.17) is 10.5 Å². The molecule has 0 saturated carbocycles. The van der Waals surface area contributed by atoms with E-state index >= 15 is 0 Å². The van der Waals surface area contributed by atoms with Gasteiger partial charge in [0.15, 0.2) is 0 Å². The lowest BCUT2D eigenvalue weighted by atomic mass is 9.87. The first kappa shape index (κ1) is 11.1. The standard InChI is InChI=1S/C12H13N3/c1-4-5-10-11(6-13)8(2)15-9(3)12(10)7-14/h4-5,10,15H,1-3H3. The molecule has 0 aliphatic carbocycles. The van der Waals surface area contributed by atoms with Crippen molar-refractivity contribution in [1.82, 2.24) is 5.32 Å². The zero-order valence-corrected chi connectivity index (χ0v) is 9.13. The molecule has 0 radical (unpaired) electrons. The molecule has 76 valence electrons. The molecule has 0 aromatic carbocycles. The van der Waals surface area contributed by atoms with Crippen LogP contribution in [0.5, 0.6) is 0 Å². The van der Waals surface area contributed by atoms with Gasteiger partial charge in [-0.25, -0.2) is 0 Å². The van der Waals surface area contributed by atoms with Crippen LogP contribution in [0.2, 0.25) is 0 Å². The van der Waals surface area contributed by atoms with E-state index < -0.39 is 0 Å². The Morgan fingerprint density at radius 3 is 1.93 bits per heavy atom. The van der Waals surface area contributed by atoms with Crippen molar-refractivity contribution < 1.29 is 0 Å². The first-order valence-corrected chi connectivity index (χ1v) is 4.77. The monoisotopic (exact) mass is 199 g/mol. The van der Waals surface area contributed by atoms with Crippen molar-refractivity contribution >= 4 is 0 Å². The van der Waals surface area contributed by atoms with Crippen LogP contribution in [0, 0.1) is 28.6 Å². The fourth-order valence-corrected chi connectivity index (χ4v) is 1.72. The minimum Gasteiger partial charge on any atom is -0.361 e. The van der Waals surface area contributed by atoms with E-state index in [1.54, 1.807) is 0 Å². The lowest BCUT2D eigenvalue weighted by Gasteiger charge is -2.23. The molecule has 1 aliphatic heterocycles. The fourth-order valence-electron chi connectivity index (χ4n) is 1.72. The summed E-state index contributed by atoms with van der Waals surface area (Å²) in [5.74, 6) is -0.189. The van der Waals surface area contributed by atoms with Gasteiger partial charge in [-0.1, -0.05) is 12.2 Å². The Morgan fingerprint density at radius 2 is 1.60 bits per heavy atom. The van der Waals surface area contributed by atoms with Gasteiger partial charge in [-0.3, -0.25) is 0 Å². The summed E-state index contributed by atoms with van der Waals surface area (Å²) in [5, 5.41) is 21.1. The van der Waals surface area contributed by atoms with Crippen LogP contribution < -0.4 is 5.32 Å². The molecule has 1 heterocycles. The van der Waals surface area contributed by atoms with Gasteiger partial charge < -0.3 is 5.32 Å². The van der Waals surface area contributed by atoms with Gasteiger partial charge in [0.25, 0.3) is 0 Å². The second-order valence-electron chi connectivity index (χ2n) is 3.43. The van der Waals surface area contributed by atoms with Crippen molar-refractivity contribution in [3.8, 4) is 12.1 Å². The molecule has 0 saturated heterocycles. The number of hydrogen-bond donors (Lipinski definition) is 1. The molecule has 1 rings (SSSR count). The summed E-state index contributed by atoms with van der Waals surface area (Å²) in [6.45, 7) is 5.59. The average Bonchev–Trinajstić information content (AvgIpc) is 2.18. The normalized spacial score (nSPS) is 17.7. The maximum atomic E-state index is 9.04. The van der Waals surface area contributed by atoms with E-state index in [-0.39, 0.29) is 5.92 Å². The molecule has 0 amide bonds. The van der Waals surface area contributed by atoms with Crippen molar-refractivity contribution in [1.29, 1.82) is 10.5 Å². The molecule has 0 fully saturated rings. The molecule has 0 atom stereocenters. The molecule has 1 N–H and O–H groups in total. The van der Waals surface area contributed by atoms with Gasteiger partial charge in [-0.15, -0.1) is 0 Å². The van der Waals surface area contributed by atoms with Gasteiger partial charge in [-0.2, -0.15) is 10.5 Å². The maximum Gasteiger partial charge on any atom is 0.0975 e. The zero-order valence-electron chi connectivity index (χ0n) is 9.13. The van der Waals surface area contributed by atoms with Gasteiger partial charge >= 0.3 is 0 Å². The van der Waals surface area contributed by atoms with Gasteiger partial charge in [0, 0.05) is 11.4 Å². The third-order valence-corrected chi connectivity index (χ3v) is 2.43. The average molecular weight is 199 g/mol. The third kappa shape index (κ3) is 1.92. The first-order chi connectivity index (χ1) is 7.15. The van der Waals surface area contributed by atoms with E-state index in [1.165, 1.54) is 0 Å². The summed E-state index contributed by atoms with van der Waals surface area (Å²) in [7, 11) is 0. The number of nitrogens with one attached hydrogen (secondary N) is 1. The highest BCUT2D eigenvalue weighted by Crippen LogP contribution is 2.29. The van der Waals surface area contributed by atoms with Gasteiger partial charge in [0.2, 0.25) is 0 Å². The van der Waals surface area contributed by atoms with Crippen molar-refractivity contribution in [2.24, 2.45) is 5.92 Å². The number of allylic oxidation sites excluding steroid dienone is 6. The maximum absolute atomic E-state index is 9.04. The number of nitriles is 2. The Labute approximate surface area is 90.0 Å². The fraction of sp³-hybridized carbons (Fsp3) is 0.333. The molecule has 3 heteroatoms. The van der Waals surface area contributed by atoms with E-state index in [0.29, 0.717) is 11.1 Å². The SMILES string of the molecule is CC=CC1C(C#N)=C(C)NC(C)=C1C#N. The minimum atomic E-state index is -0.189. The summed E-state index contributed by atoms with van der Waals surface area (Å²) in [5.41, 5.74) is 2.90. The summed E-state index contributed by atoms with van der Waals surface area (Å²) in [6.07, 6.45) is 3.75. The van der Waals surface area contributed by atoms with Crippen LogP contribution >= 0.6 is 0 Å². The number of dihydropyridines is 1. The van der Waals surface area contributed by atoms with Gasteiger partial charge in [-0.05, 0) is 20.8 Å². The largest absolute Gasteiger partial charge is 0.361 e. The summed E-state index contributed by atoms with van der Waals surface area (Å²) in [6, 6.07) is 4.31. The van der Waals surface area contributed by atoms with Crippen LogP contribution in [0.25, 0.3) is 0 Å². The van der Waals surface area contributed by atoms with E-state index in [0.717, 1.165) is 11.4 Å². The van der Waals surface area contributed by atoms with Crippen LogP contribution in [-0.2, 0) is 0 Å². The van der Waals surface area contributed by atoms with Crippen LogP contribution in [-0.4, -0.2) is 0 Å². The second kappa shape index (κ2) is 4.48. The van der Waals surface area contributed by atoms with Crippen LogP contribution in [0.15, 0.2) is 34.7 Å². The molecule has 15 heavy (non-hydrogen) atoms. The smallest absolute Gasteiger partial charge is 0.0975 e. The first-order valence-electron chi connectivity index (χ1n) is 4.77. The van der Waals surface area contributed by atoms with Crippen molar-refractivity contribution in [2.45, 2.75) is 20.8 Å². The molecule has 0 spiro atoms. The summed E-state index contributed by atoms with van der Waals surface area (Å²) < 4.78 is 0. The van der Waals surface area contributed by atoms with Crippen molar-refractivity contribution in [2.75, 3.05) is 0 Å². The zero-order chi connectivity index (χ0) is 11.4. The molecule has 0 aromatic heterocycles. The quantitative estimate of drug-likeness (QED) is 0.659. The minimum absolute atomic E-state index is 0.189. The van der Waals surface area contributed by atoms with Crippen LogP contribution in [0.1, 0.15) is 20.8 Å². The highest BCUT2D eigenvalue weighted by atomic mass is 14.9. The lowest BCUT2D eigenvalue weighted by molar-refractivity contribution is 0.796. The molecular weight excluding hydrogens is 186 g/mol. The van der Waals surface area contributed by atoms with Crippen molar-refractivity contribution in [3.05, 3.63) is 34.7 Å². The van der Waals surface area contributed by atoms with Gasteiger partial charge in [0.05, 0.1) is 29.2 Å². The van der Waals surface area contributed by atoms with Crippen molar-refractivity contribution in [3.63, 3.8) is 0 Å². The van der Waals surface area contributed by atoms with Crippen LogP contribution in [0.4, 0.5) is 0 Å². The molecule has 3 nitrogen and oxygen atoms in total. The lowest BCUT2D eigenvalue weighted by Crippen LogP contribution is -2.23. The predicted molar refractivity (Wildman–Crippen MR) is 58.1 cm³/mol. The number of hydrogen-bond acceptors (Lipinski definition) is 3. The Bertz CT molecular complexity index is 402. The van der Waals surface area contributed by atoms with E-state index in [2.05, 4.69) is 17.5 Å². The summed E-state index contributed by atoms with van der Waals surface area (Å²) in [4.78, 5) is 0. The molecular formula is C12H13N3. The third-order valence-electron chi connectivity index (χ3n) is 2.43. The highest BCUT2D eigenvalue weighted by Gasteiger charge is 2.24. The Balaban J connectivity index is 3.29. The van der Waals surface area contributed by atoms with E-state index in [9.17, 15) is 0 Å². The molecule has 0 bridgehead atoms. The summed E-state index contributed by atoms with van der Waals surface area (Å²) >= 11 is 0. The topological polar surface area (TPSA) is 59.6 Å². The van der Waals surface area contributed by atoms with Crippen LogP contribution in [0.3, 0.4) is 0 Å². The Morgan fingerprint density at radius 1 is 1.13 bits per heavy atom. The number of rotatable bonds is 1. The predicted octanol–water partition coefficient (Wildman–Crippen LogP) is 2.38. The second-order valence-corrected chi connectivity index (χ2v) is 3.43. The Hall–Kier alpha value is -2.00. The van der Waals surface area contributed by atoms with Gasteiger partial charge in [0.1, 0.15) is 0 Å². The molecule has 1 aliphatic rings. The Kier molecular flexibility index (Phi) is 3.31. The number of nitrogens with zero attached hydrogens (tertiary/aromatic N) is 2.